The van der Waals surface area contributed by atoms with Crippen LogP contribution in [0.15, 0.2) is 30.6 Å². The molecule has 3 heteroatoms. The Balaban J connectivity index is 2.94. The van der Waals surface area contributed by atoms with E-state index in [4.69, 9.17) is 11.6 Å². The Morgan fingerprint density at radius 1 is 1.17 bits per heavy atom. The minimum atomic E-state index is 0.162. The molecule has 1 N–H and O–H groups in total. The SMILES string of the molecule is Oc1cncc2c(Cl)cccc12. The van der Waals surface area contributed by atoms with Crippen molar-refractivity contribution in [2.75, 3.05) is 0 Å². The van der Waals surface area contributed by atoms with Gasteiger partial charge in [0.15, 0.2) is 0 Å². The predicted molar refractivity (Wildman–Crippen MR) is 48.4 cm³/mol. The second-order valence-electron chi connectivity index (χ2n) is 2.49. The Bertz CT molecular complexity index is 387. The molecule has 60 valence electrons. The lowest BCUT2D eigenvalue weighted by Gasteiger charge is -2.00. The number of hydrogen-bond acceptors (Lipinski definition) is 2. The smallest absolute Gasteiger partial charge is 0.141 e. The number of nitrogens with zero attached hydrogens (tertiary/aromatic N) is 1. The maximum Gasteiger partial charge on any atom is 0.141 e. The van der Waals surface area contributed by atoms with E-state index in [-0.39, 0.29) is 5.75 Å². The maximum atomic E-state index is 9.37. The first-order chi connectivity index (χ1) is 5.79. The van der Waals surface area contributed by atoms with E-state index in [0.29, 0.717) is 5.02 Å². The summed E-state index contributed by atoms with van der Waals surface area (Å²) in [6, 6.07) is 5.37. The van der Waals surface area contributed by atoms with Crippen molar-refractivity contribution in [3.05, 3.63) is 35.6 Å². The Hall–Kier alpha value is -1.28. The Labute approximate surface area is 74.4 Å². The predicted octanol–water partition coefficient (Wildman–Crippen LogP) is 2.59. The molecule has 0 radical (unpaired) electrons. The van der Waals surface area contributed by atoms with Gasteiger partial charge in [-0.2, -0.15) is 0 Å². The van der Waals surface area contributed by atoms with Gasteiger partial charge in [-0.05, 0) is 6.07 Å². The van der Waals surface area contributed by atoms with Crippen LogP contribution >= 0.6 is 11.6 Å². The summed E-state index contributed by atoms with van der Waals surface area (Å²) in [5.41, 5.74) is 0. The second kappa shape index (κ2) is 2.64. The van der Waals surface area contributed by atoms with Crippen molar-refractivity contribution in [3.63, 3.8) is 0 Å². The molecule has 0 unspecified atom stereocenters. The fourth-order valence-corrected chi connectivity index (χ4v) is 1.37. The lowest BCUT2D eigenvalue weighted by atomic mass is 10.2. The number of hydrogen-bond donors (Lipinski definition) is 1. The molecule has 0 bridgehead atoms. The third-order valence-corrected chi connectivity index (χ3v) is 2.06. The average Bonchev–Trinajstić information content (AvgIpc) is 2.07. The summed E-state index contributed by atoms with van der Waals surface area (Å²) in [5, 5.41) is 11.5. The lowest BCUT2D eigenvalue weighted by Crippen LogP contribution is -1.77. The minimum Gasteiger partial charge on any atom is -0.506 e. The molecule has 1 aromatic carbocycles. The highest BCUT2D eigenvalue weighted by Crippen LogP contribution is 2.27. The Kier molecular flexibility index (Phi) is 1.62. The van der Waals surface area contributed by atoms with E-state index in [1.807, 2.05) is 0 Å². The van der Waals surface area contributed by atoms with Crippen molar-refractivity contribution in [2.24, 2.45) is 0 Å². The highest BCUT2D eigenvalue weighted by molar-refractivity contribution is 6.35. The zero-order valence-corrected chi connectivity index (χ0v) is 6.92. The molecule has 1 aromatic heterocycles. The van der Waals surface area contributed by atoms with Crippen LogP contribution in [-0.2, 0) is 0 Å². The van der Waals surface area contributed by atoms with E-state index < -0.39 is 0 Å². The third-order valence-electron chi connectivity index (χ3n) is 1.73. The van der Waals surface area contributed by atoms with Gasteiger partial charge in [0.1, 0.15) is 5.75 Å². The van der Waals surface area contributed by atoms with Crippen LogP contribution in [0.3, 0.4) is 0 Å². The summed E-state index contributed by atoms with van der Waals surface area (Å²) in [6.07, 6.45) is 3.04. The summed E-state index contributed by atoms with van der Waals surface area (Å²) >= 11 is 5.88. The molecule has 0 saturated carbocycles. The molecular formula is C9H6ClNO. The summed E-state index contributed by atoms with van der Waals surface area (Å²) < 4.78 is 0. The molecule has 0 aliphatic rings. The summed E-state index contributed by atoms with van der Waals surface area (Å²) in [6.45, 7) is 0. The third kappa shape index (κ3) is 1.01. The summed E-state index contributed by atoms with van der Waals surface area (Å²) in [4.78, 5) is 3.84. The van der Waals surface area contributed by atoms with Gasteiger partial charge in [0, 0.05) is 17.0 Å². The van der Waals surface area contributed by atoms with Crippen LogP contribution in [0.2, 0.25) is 5.02 Å². The topological polar surface area (TPSA) is 33.1 Å². The highest BCUT2D eigenvalue weighted by Gasteiger charge is 2.01. The zero-order chi connectivity index (χ0) is 8.55. The molecule has 0 amide bonds. The Morgan fingerprint density at radius 2 is 2.00 bits per heavy atom. The normalized spacial score (nSPS) is 10.4. The quantitative estimate of drug-likeness (QED) is 0.675. The fraction of sp³-hybridized carbons (Fsp3) is 0. The standard InChI is InChI=1S/C9H6ClNO/c10-8-3-1-2-6-7(8)4-11-5-9(6)12/h1-5,12H. The van der Waals surface area contributed by atoms with Crippen molar-refractivity contribution < 1.29 is 5.11 Å². The lowest BCUT2D eigenvalue weighted by molar-refractivity contribution is 0.479. The molecule has 2 nitrogen and oxygen atoms in total. The average molecular weight is 180 g/mol. The first kappa shape index (κ1) is 7.37. The number of aromatic nitrogens is 1. The van der Waals surface area contributed by atoms with Crippen LogP contribution in [-0.4, -0.2) is 10.1 Å². The second-order valence-corrected chi connectivity index (χ2v) is 2.90. The number of pyridine rings is 1. The molecule has 2 rings (SSSR count). The van der Waals surface area contributed by atoms with Crippen LogP contribution < -0.4 is 0 Å². The van der Waals surface area contributed by atoms with Crippen LogP contribution in [0.4, 0.5) is 0 Å². The molecule has 1 heterocycles. The molecular weight excluding hydrogens is 174 g/mol. The summed E-state index contributed by atoms with van der Waals surface area (Å²) in [5.74, 6) is 0.162. The van der Waals surface area contributed by atoms with Crippen LogP contribution in [0.1, 0.15) is 0 Å². The van der Waals surface area contributed by atoms with Crippen LogP contribution in [0.5, 0.6) is 5.75 Å². The van der Waals surface area contributed by atoms with E-state index in [2.05, 4.69) is 4.98 Å². The van der Waals surface area contributed by atoms with Crippen LogP contribution in [0.25, 0.3) is 10.8 Å². The van der Waals surface area contributed by atoms with E-state index >= 15 is 0 Å². The first-order valence-corrected chi connectivity index (χ1v) is 3.88. The number of halogens is 1. The van der Waals surface area contributed by atoms with Gasteiger partial charge in [-0.25, -0.2) is 0 Å². The number of aromatic hydroxyl groups is 1. The molecule has 0 fully saturated rings. The van der Waals surface area contributed by atoms with Gasteiger partial charge < -0.3 is 5.11 Å². The number of benzene rings is 1. The molecule has 0 aliphatic heterocycles. The van der Waals surface area contributed by atoms with E-state index in [1.165, 1.54) is 6.20 Å². The fourth-order valence-electron chi connectivity index (χ4n) is 1.14. The van der Waals surface area contributed by atoms with Crippen molar-refractivity contribution in [1.29, 1.82) is 0 Å². The van der Waals surface area contributed by atoms with Gasteiger partial charge in [-0.1, -0.05) is 23.7 Å². The van der Waals surface area contributed by atoms with Gasteiger partial charge in [-0.15, -0.1) is 0 Å². The van der Waals surface area contributed by atoms with Crippen molar-refractivity contribution in [3.8, 4) is 5.75 Å². The van der Waals surface area contributed by atoms with Crippen molar-refractivity contribution in [1.82, 2.24) is 4.98 Å². The number of fused-ring (bicyclic) bond motifs is 1. The van der Waals surface area contributed by atoms with Gasteiger partial charge in [0.25, 0.3) is 0 Å². The van der Waals surface area contributed by atoms with Gasteiger partial charge in [-0.3, -0.25) is 4.98 Å². The van der Waals surface area contributed by atoms with Gasteiger partial charge >= 0.3 is 0 Å². The number of rotatable bonds is 0. The van der Waals surface area contributed by atoms with Gasteiger partial charge in [0.2, 0.25) is 0 Å². The van der Waals surface area contributed by atoms with E-state index in [1.54, 1.807) is 24.4 Å². The molecule has 12 heavy (non-hydrogen) atoms. The molecule has 0 atom stereocenters. The highest BCUT2D eigenvalue weighted by atomic mass is 35.5. The first-order valence-electron chi connectivity index (χ1n) is 3.50. The summed E-state index contributed by atoms with van der Waals surface area (Å²) in [7, 11) is 0. The Morgan fingerprint density at radius 3 is 2.75 bits per heavy atom. The molecule has 2 aromatic rings. The van der Waals surface area contributed by atoms with Crippen molar-refractivity contribution in [2.45, 2.75) is 0 Å². The minimum absolute atomic E-state index is 0.162. The maximum absolute atomic E-state index is 9.37. The zero-order valence-electron chi connectivity index (χ0n) is 6.16. The monoisotopic (exact) mass is 179 g/mol. The van der Waals surface area contributed by atoms with Crippen LogP contribution in [0, 0.1) is 0 Å². The largest absolute Gasteiger partial charge is 0.506 e. The molecule has 0 saturated heterocycles. The molecule has 0 aliphatic carbocycles. The van der Waals surface area contributed by atoms with E-state index in [0.717, 1.165) is 10.8 Å². The van der Waals surface area contributed by atoms with Gasteiger partial charge in [0.05, 0.1) is 11.2 Å². The molecule has 0 spiro atoms. The van der Waals surface area contributed by atoms with E-state index in [9.17, 15) is 5.11 Å². The van der Waals surface area contributed by atoms with Crippen molar-refractivity contribution >= 4 is 22.4 Å².